The van der Waals surface area contributed by atoms with E-state index in [0.717, 1.165) is 10.9 Å². The lowest BCUT2D eigenvalue weighted by atomic mass is 10.1. The van der Waals surface area contributed by atoms with Crippen LogP contribution in [0.25, 0.3) is 11.0 Å². The van der Waals surface area contributed by atoms with E-state index < -0.39 is 11.7 Å². The molecule has 0 aliphatic heterocycles. The van der Waals surface area contributed by atoms with Crippen molar-refractivity contribution in [3.05, 3.63) is 75.6 Å². The van der Waals surface area contributed by atoms with Crippen LogP contribution in [-0.2, 0) is 0 Å². The van der Waals surface area contributed by atoms with E-state index in [4.69, 9.17) is 9.15 Å². The van der Waals surface area contributed by atoms with E-state index >= 15 is 0 Å². The average molecular weight is 322 g/mol. The fourth-order valence-corrected chi connectivity index (χ4v) is 2.71. The van der Waals surface area contributed by atoms with Gasteiger partial charge in [-0.2, -0.15) is 0 Å². The molecular formula is C20H18O4. The molecule has 1 atom stereocenters. The van der Waals surface area contributed by atoms with Gasteiger partial charge in [0.05, 0.1) is 0 Å². The molecule has 4 nitrogen and oxygen atoms in total. The van der Waals surface area contributed by atoms with E-state index in [0.29, 0.717) is 22.5 Å². The number of aryl methyl sites for hydroxylation is 2. The molecule has 0 bridgehead atoms. The molecule has 3 rings (SSSR count). The van der Waals surface area contributed by atoms with Gasteiger partial charge in [-0.15, -0.1) is 0 Å². The normalized spacial score (nSPS) is 12.1. The summed E-state index contributed by atoms with van der Waals surface area (Å²) in [4.78, 5) is 24.1. The Morgan fingerprint density at radius 1 is 1.08 bits per heavy atom. The van der Waals surface area contributed by atoms with E-state index in [-0.39, 0.29) is 5.78 Å². The largest absolute Gasteiger partial charge is 0.482 e. The van der Waals surface area contributed by atoms with Crippen molar-refractivity contribution < 1.29 is 13.9 Å². The lowest BCUT2D eigenvalue weighted by molar-refractivity contribution is 0.0817. The van der Waals surface area contributed by atoms with Crippen molar-refractivity contribution in [3.63, 3.8) is 0 Å². The number of carbonyl (C=O) groups is 1. The van der Waals surface area contributed by atoms with Gasteiger partial charge in [-0.05, 0) is 38.5 Å². The highest BCUT2D eigenvalue weighted by molar-refractivity contribution is 5.99. The molecule has 0 aliphatic carbocycles. The highest BCUT2D eigenvalue weighted by atomic mass is 16.5. The van der Waals surface area contributed by atoms with Crippen LogP contribution < -0.4 is 10.4 Å². The Morgan fingerprint density at radius 2 is 1.79 bits per heavy atom. The Kier molecular flexibility index (Phi) is 4.21. The summed E-state index contributed by atoms with van der Waals surface area (Å²) >= 11 is 0. The van der Waals surface area contributed by atoms with Gasteiger partial charge < -0.3 is 9.15 Å². The van der Waals surface area contributed by atoms with Crippen LogP contribution >= 0.6 is 0 Å². The third-order valence-corrected chi connectivity index (χ3v) is 4.05. The number of ether oxygens (including phenoxy) is 1. The van der Waals surface area contributed by atoms with Crippen molar-refractivity contribution in [2.45, 2.75) is 26.9 Å². The summed E-state index contributed by atoms with van der Waals surface area (Å²) in [5, 5.41) is 0.862. The van der Waals surface area contributed by atoms with Gasteiger partial charge >= 0.3 is 5.63 Å². The molecule has 24 heavy (non-hydrogen) atoms. The zero-order valence-corrected chi connectivity index (χ0v) is 13.8. The molecule has 1 aromatic heterocycles. The third kappa shape index (κ3) is 2.95. The van der Waals surface area contributed by atoms with E-state index in [1.165, 1.54) is 6.07 Å². The lowest BCUT2D eigenvalue weighted by Gasteiger charge is -2.16. The molecule has 122 valence electrons. The predicted molar refractivity (Wildman–Crippen MR) is 92.8 cm³/mol. The second-order valence-electron chi connectivity index (χ2n) is 5.80. The van der Waals surface area contributed by atoms with Crippen molar-refractivity contribution in [3.8, 4) is 5.75 Å². The molecule has 0 saturated heterocycles. The summed E-state index contributed by atoms with van der Waals surface area (Å²) in [5.74, 6) is 0.439. The fourth-order valence-electron chi connectivity index (χ4n) is 2.71. The van der Waals surface area contributed by atoms with Crippen LogP contribution in [-0.4, -0.2) is 11.9 Å². The number of ketones is 1. The molecular weight excluding hydrogens is 304 g/mol. The van der Waals surface area contributed by atoms with Crippen molar-refractivity contribution in [2.24, 2.45) is 0 Å². The van der Waals surface area contributed by atoms with E-state index in [1.54, 1.807) is 25.1 Å². The summed E-state index contributed by atoms with van der Waals surface area (Å²) in [6, 6.07) is 14.1. The third-order valence-electron chi connectivity index (χ3n) is 4.05. The number of Topliss-reactive ketones (excluding diaryl/α,β-unsaturated/α-hetero) is 1. The summed E-state index contributed by atoms with van der Waals surface area (Å²) in [6.07, 6.45) is -0.639. The Labute approximate surface area is 139 Å². The van der Waals surface area contributed by atoms with Gasteiger partial charge in [-0.25, -0.2) is 4.79 Å². The minimum atomic E-state index is -0.639. The average Bonchev–Trinajstić information content (AvgIpc) is 2.57. The quantitative estimate of drug-likeness (QED) is 0.537. The molecule has 1 heterocycles. The number of hydrogen-bond acceptors (Lipinski definition) is 4. The Balaban J connectivity index is 1.94. The molecule has 0 aliphatic rings. The Hall–Kier alpha value is -2.88. The Morgan fingerprint density at radius 3 is 2.50 bits per heavy atom. The standard InChI is InChI=1S/C20H18O4/c1-12-11-18(21)24-20-13(2)17(10-9-16(12)20)23-14(3)19(22)15-7-5-4-6-8-15/h4-11,14H,1-3H3. The van der Waals surface area contributed by atoms with Gasteiger partial charge in [0.25, 0.3) is 0 Å². The summed E-state index contributed by atoms with van der Waals surface area (Å²) in [6.45, 7) is 5.39. The second kappa shape index (κ2) is 6.32. The van der Waals surface area contributed by atoms with Crippen molar-refractivity contribution >= 4 is 16.8 Å². The van der Waals surface area contributed by atoms with Crippen LogP contribution in [0.1, 0.15) is 28.4 Å². The monoisotopic (exact) mass is 322 g/mol. The fraction of sp³-hybridized carbons (Fsp3) is 0.200. The molecule has 2 aromatic carbocycles. The maximum Gasteiger partial charge on any atom is 0.336 e. The maximum absolute atomic E-state index is 12.4. The molecule has 0 amide bonds. The van der Waals surface area contributed by atoms with Gasteiger partial charge in [-0.1, -0.05) is 30.3 Å². The first-order valence-corrected chi connectivity index (χ1v) is 7.77. The molecule has 1 unspecified atom stereocenters. The van der Waals surface area contributed by atoms with Crippen LogP contribution in [0, 0.1) is 13.8 Å². The first-order valence-electron chi connectivity index (χ1n) is 7.77. The number of benzene rings is 2. The zero-order valence-electron chi connectivity index (χ0n) is 13.8. The lowest BCUT2D eigenvalue weighted by Crippen LogP contribution is -2.24. The van der Waals surface area contributed by atoms with Crippen LogP contribution in [0.3, 0.4) is 0 Å². The topological polar surface area (TPSA) is 56.5 Å². The highest BCUT2D eigenvalue weighted by Gasteiger charge is 2.19. The molecule has 3 aromatic rings. The molecule has 0 saturated carbocycles. The first kappa shape index (κ1) is 16.0. The predicted octanol–water partition coefficient (Wildman–Crippen LogP) is 4.06. The zero-order chi connectivity index (χ0) is 17.3. The van der Waals surface area contributed by atoms with E-state index in [1.807, 2.05) is 38.1 Å². The van der Waals surface area contributed by atoms with Gasteiger partial charge in [0, 0.05) is 22.6 Å². The minimum Gasteiger partial charge on any atom is -0.482 e. The number of hydrogen-bond donors (Lipinski definition) is 0. The van der Waals surface area contributed by atoms with Gasteiger partial charge in [0.15, 0.2) is 6.10 Å². The van der Waals surface area contributed by atoms with E-state index in [9.17, 15) is 9.59 Å². The Bertz CT molecular complexity index is 955. The van der Waals surface area contributed by atoms with Crippen molar-refractivity contribution in [2.75, 3.05) is 0 Å². The second-order valence-corrected chi connectivity index (χ2v) is 5.80. The number of carbonyl (C=O) groups excluding carboxylic acids is 1. The van der Waals surface area contributed by atoms with E-state index in [2.05, 4.69) is 0 Å². The van der Waals surface area contributed by atoms with Crippen molar-refractivity contribution in [1.82, 2.24) is 0 Å². The molecule has 0 radical (unpaired) electrons. The highest BCUT2D eigenvalue weighted by Crippen LogP contribution is 2.29. The number of fused-ring (bicyclic) bond motifs is 1. The summed E-state index contributed by atoms with van der Waals surface area (Å²) in [5.41, 5.74) is 2.27. The molecule has 4 heteroatoms. The molecule has 0 spiro atoms. The van der Waals surface area contributed by atoms with Gasteiger partial charge in [-0.3, -0.25) is 4.79 Å². The van der Waals surface area contributed by atoms with Gasteiger partial charge in [0.1, 0.15) is 11.3 Å². The first-order chi connectivity index (χ1) is 11.5. The maximum atomic E-state index is 12.4. The minimum absolute atomic E-state index is 0.0965. The van der Waals surface area contributed by atoms with Crippen LogP contribution in [0.4, 0.5) is 0 Å². The van der Waals surface area contributed by atoms with Gasteiger partial charge in [0.2, 0.25) is 5.78 Å². The number of rotatable bonds is 4. The van der Waals surface area contributed by atoms with Crippen molar-refractivity contribution in [1.29, 1.82) is 0 Å². The molecule has 0 N–H and O–H groups in total. The molecule has 0 fully saturated rings. The van der Waals surface area contributed by atoms with Crippen LogP contribution in [0.5, 0.6) is 5.75 Å². The van der Waals surface area contributed by atoms with Crippen LogP contribution in [0.15, 0.2) is 57.7 Å². The summed E-state index contributed by atoms with van der Waals surface area (Å²) < 4.78 is 11.2. The van der Waals surface area contributed by atoms with Crippen LogP contribution in [0.2, 0.25) is 0 Å². The SMILES string of the molecule is Cc1cc(=O)oc2c(C)c(OC(C)C(=O)c3ccccc3)ccc12. The smallest absolute Gasteiger partial charge is 0.336 e. The summed E-state index contributed by atoms with van der Waals surface area (Å²) in [7, 11) is 0.